The lowest BCUT2D eigenvalue weighted by atomic mass is 9.95. The zero-order valence-electron chi connectivity index (χ0n) is 15.8. The van der Waals surface area contributed by atoms with Crippen molar-refractivity contribution in [3.05, 3.63) is 65.5 Å². The Morgan fingerprint density at radius 2 is 1.97 bits per heavy atom. The molecule has 0 aliphatic carbocycles. The number of likely N-dealkylation sites (tertiary alicyclic amines) is 1. The lowest BCUT2D eigenvalue weighted by Crippen LogP contribution is -2.38. The van der Waals surface area contributed by atoms with Crippen LogP contribution in [0.5, 0.6) is 5.75 Å². The highest BCUT2D eigenvalue weighted by Gasteiger charge is 2.29. The van der Waals surface area contributed by atoms with Crippen molar-refractivity contribution in [1.29, 1.82) is 0 Å². The van der Waals surface area contributed by atoms with Crippen LogP contribution in [0, 0.1) is 11.6 Å². The van der Waals surface area contributed by atoms with Crippen LogP contribution in [-0.4, -0.2) is 41.1 Å². The minimum atomic E-state index is -0.723. The van der Waals surface area contributed by atoms with E-state index in [1.807, 2.05) is 24.3 Å². The first kappa shape index (κ1) is 19.0. The van der Waals surface area contributed by atoms with Gasteiger partial charge in [0.25, 0.3) is 11.8 Å². The van der Waals surface area contributed by atoms with E-state index in [4.69, 9.17) is 9.26 Å². The normalized spacial score (nSPS) is 14.8. The summed E-state index contributed by atoms with van der Waals surface area (Å²) in [5.41, 5.74) is 0.514. The third-order valence-electron chi connectivity index (χ3n) is 5.06. The molecule has 4 rings (SSSR count). The van der Waals surface area contributed by atoms with Crippen molar-refractivity contribution < 1.29 is 22.8 Å². The molecule has 29 heavy (non-hydrogen) atoms. The summed E-state index contributed by atoms with van der Waals surface area (Å²) in [6.45, 7) is 0.810. The van der Waals surface area contributed by atoms with Gasteiger partial charge in [-0.1, -0.05) is 11.2 Å². The second-order valence-corrected chi connectivity index (χ2v) is 6.88. The molecular weight excluding hydrogens is 380 g/mol. The van der Waals surface area contributed by atoms with Crippen LogP contribution in [0.2, 0.25) is 0 Å². The van der Waals surface area contributed by atoms with Crippen LogP contribution in [0.15, 0.2) is 47.0 Å². The number of amides is 1. The second-order valence-electron chi connectivity index (χ2n) is 6.88. The number of rotatable bonds is 4. The molecule has 1 amide bonds. The lowest BCUT2D eigenvalue weighted by Gasteiger charge is -2.30. The van der Waals surface area contributed by atoms with Crippen LogP contribution < -0.4 is 4.74 Å². The number of methoxy groups -OCH3 is 1. The topological polar surface area (TPSA) is 68.5 Å². The van der Waals surface area contributed by atoms with Gasteiger partial charge in [0.2, 0.25) is 0 Å². The molecule has 1 saturated heterocycles. The van der Waals surface area contributed by atoms with Crippen molar-refractivity contribution >= 4 is 5.91 Å². The third kappa shape index (κ3) is 3.96. The molecule has 0 N–H and O–H groups in total. The van der Waals surface area contributed by atoms with Crippen LogP contribution in [-0.2, 0) is 0 Å². The minimum Gasteiger partial charge on any atom is -0.497 e. The Kier molecular flexibility index (Phi) is 5.24. The summed E-state index contributed by atoms with van der Waals surface area (Å²) in [4.78, 5) is 18.5. The number of piperidine rings is 1. The molecule has 1 fully saturated rings. The Bertz CT molecular complexity index is 1030. The summed E-state index contributed by atoms with van der Waals surface area (Å²) in [7, 11) is 1.59. The molecular formula is C21H19F2N3O3. The van der Waals surface area contributed by atoms with Crippen molar-refractivity contribution in [1.82, 2.24) is 15.0 Å². The van der Waals surface area contributed by atoms with Gasteiger partial charge in [-0.05, 0) is 49.2 Å². The van der Waals surface area contributed by atoms with E-state index in [0.717, 1.165) is 23.8 Å². The molecule has 2 heterocycles. The van der Waals surface area contributed by atoms with Crippen molar-refractivity contribution in [2.24, 2.45) is 0 Å². The summed E-state index contributed by atoms with van der Waals surface area (Å²) < 4.78 is 37.9. The fourth-order valence-corrected chi connectivity index (χ4v) is 3.45. The molecule has 0 unspecified atom stereocenters. The van der Waals surface area contributed by atoms with E-state index in [2.05, 4.69) is 10.1 Å². The monoisotopic (exact) mass is 399 g/mol. The largest absolute Gasteiger partial charge is 0.497 e. The van der Waals surface area contributed by atoms with Gasteiger partial charge in [0.15, 0.2) is 5.82 Å². The highest BCUT2D eigenvalue weighted by Crippen LogP contribution is 2.29. The quantitative estimate of drug-likeness (QED) is 0.662. The Morgan fingerprint density at radius 1 is 1.17 bits per heavy atom. The first-order chi connectivity index (χ1) is 14.0. The number of carbonyl (C=O) groups excluding carboxylic acids is 1. The third-order valence-corrected chi connectivity index (χ3v) is 5.06. The van der Waals surface area contributed by atoms with Crippen LogP contribution in [0.1, 0.15) is 34.9 Å². The Labute approximate surface area is 166 Å². The maximum absolute atomic E-state index is 13.9. The van der Waals surface area contributed by atoms with E-state index in [9.17, 15) is 13.6 Å². The number of hydrogen-bond acceptors (Lipinski definition) is 5. The number of ether oxygens (including phenoxy) is 1. The number of aromatic nitrogens is 2. The van der Waals surface area contributed by atoms with Gasteiger partial charge in [-0.15, -0.1) is 0 Å². The van der Waals surface area contributed by atoms with Crippen LogP contribution in [0.4, 0.5) is 8.78 Å². The predicted molar refractivity (Wildman–Crippen MR) is 101 cm³/mol. The fraction of sp³-hybridized carbons (Fsp3) is 0.286. The van der Waals surface area contributed by atoms with E-state index in [0.29, 0.717) is 43.4 Å². The summed E-state index contributed by atoms with van der Waals surface area (Å²) >= 11 is 0. The SMILES string of the molecule is COc1cccc(-c2nc(C3CCN(C(=O)c4cc(F)ccc4F)CC3)no2)c1. The van der Waals surface area contributed by atoms with Crippen molar-refractivity contribution in [2.75, 3.05) is 20.2 Å². The molecule has 3 aromatic rings. The van der Waals surface area contributed by atoms with Gasteiger partial charge in [0.1, 0.15) is 17.4 Å². The molecule has 1 aliphatic rings. The molecule has 150 valence electrons. The molecule has 0 atom stereocenters. The van der Waals surface area contributed by atoms with Crippen molar-refractivity contribution in [2.45, 2.75) is 18.8 Å². The number of carbonyl (C=O) groups is 1. The maximum atomic E-state index is 13.9. The maximum Gasteiger partial charge on any atom is 0.258 e. The van der Waals surface area contributed by atoms with E-state index < -0.39 is 17.5 Å². The average molecular weight is 399 g/mol. The van der Waals surface area contributed by atoms with Crippen molar-refractivity contribution in [3.63, 3.8) is 0 Å². The van der Waals surface area contributed by atoms with Gasteiger partial charge < -0.3 is 14.2 Å². The second kappa shape index (κ2) is 7.98. The Balaban J connectivity index is 1.43. The number of benzene rings is 2. The summed E-state index contributed by atoms with van der Waals surface area (Å²) in [6.07, 6.45) is 1.22. The van der Waals surface area contributed by atoms with Gasteiger partial charge >= 0.3 is 0 Å². The number of halogens is 2. The molecule has 1 aromatic heterocycles. The average Bonchev–Trinajstić information content (AvgIpc) is 3.25. The molecule has 0 spiro atoms. The van der Waals surface area contributed by atoms with Gasteiger partial charge in [-0.25, -0.2) is 8.78 Å². The molecule has 0 radical (unpaired) electrons. The Hall–Kier alpha value is -3.29. The molecule has 0 bridgehead atoms. The number of nitrogens with zero attached hydrogens (tertiary/aromatic N) is 3. The molecule has 1 aliphatic heterocycles. The van der Waals surface area contributed by atoms with Crippen LogP contribution >= 0.6 is 0 Å². The Morgan fingerprint density at radius 3 is 2.72 bits per heavy atom. The standard InChI is InChI=1S/C21H19F2N3O3/c1-28-16-4-2-3-14(11-16)20-24-19(25-29-20)13-7-9-26(10-8-13)21(27)17-12-15(22)5-6-18(17)23/h2-6,11-13H,7-10H2,1H3. The summed E-state index contributed by atoms with van der Waals surface area (Å²) in [5, 5.41) is 4.09. The molecule has 2 aromatic carbocycles. The first-order valence-electron chi connectivity index (χ1n) is 9.27. The van der Waals surface area contributed by atoms with Gasteiger partial charge in [0, 0.05) is 24.6 Å². The zero-order chi connectivity index (χ0) is 20.4. The van der Waals surface area contributed by atoms with E-state index >= 15 is 0 Å². The number of hydrogen-bond donors (Lipinski definition) is 0. The highest BCUT2D eigenvalue weighted by atomic mass is 19.1. The fourth-order valence-electron chi connectivity index (χ4n) is 3.45. The predicted octanol–water partition coefficient (Wildman–Crippen LogP) is 4.04. The van der Waals surface area contributed by atoms with Crippen LogP contribution in [0.3, 0.4) is 0 Å². The van der Waals surface area contributed by atoms with Gasteiger partial charge in [0.05, 0.1) is 12.7 Å². The smallest absolute Gasteiger partial charge is 0.258 e. The summed E-state index contributed by atoms with van der Waals surface area (Å²) in [5.74, 6) is -0.170. The minimum absolute atomic E-state index is 0.0273. The molecule has 8 heteroatoms. The lowest BCUT2D eigenvalue weighted by molar-refractivity contribution is 0.0705. The van der Waals surface area contributed by atoms with Gasteiger partial charge in [-0.2, -0.15) is 4.98 Å². The zero-order valence-corrected chi connectivity index (χ0v) is 15.8. The van der Waals surface area contributed by atoms with E-state index in [1.54, 1.807) is 7.11 Å². The van der Waals surface area contributed by atoms with E-state index in [-0.39, 0.29) is 11.5 Å². The summed E-state index contributed by atoms with van der Waals surface area (Å²) in [6, 6.07) is 10.2. The molecule has 0 saturated carbocycles. The highest BCUT2D eigenvalue weighted by molar-refractivity contribution is 5.94. The van der Waals surface area contributed by atoms with Crippen LogP contribution in [0.25, 0.3) is 11.5 Å². The first-order valence-corrected chi connectivity index (χ1v) is 9.27. The van der Waals surface area contributed by atoms with Gasteiger partial charge in [-0.3, -0.25) is 4.79 Å². The molecule has 6 nitrogen and oxygen atoms in total. The van der Waals surface area contributed by atoms with Crippen molar-refractivity contribution in [3.8, 4) is 17.2 Å². The van der Waals surface area contributed by atoms with E-state index in [1.165, 1.54) is 4.90 Å².